The van der Waals surface area contributed by atoms with Crippen molar-refractivity contribution in [1.29, 1.82) is 0 Å². The Kier molecular flexibility index (Phi) is 3.85. The van der Waals surface area contributed by atoms with Crippen LogP contribution in [0.25, 0.3) is 0 Å². The van der Waals surface area contributed by atoms with E-state index in [9.17, 15) is 4.79 Å². The molecule has 18 heavy (non-hydrogen) atoms. The highest BCUT2D eigenvalue weighted by atomic mass is 16.2. The molecule has 3 aliphatic rings. The summed E-state index contributed by atoms with van der Waals surface area (Å²) in [6.45, 7) is 4.58. The molecule has 0 aromatic carbocycles. The standard InChI is InChI=1S/C14H25N3O/c18-14(11-15-12-5-6-12)17-9-7-16(8-10-17)13-3-1-2-4-13/h12-13,15H,1-11H2. The van der Waals surface area contributed by atoms with E-state index in [1.54, 1.807) is 0 Å². The minimum absolute atomic E-state index is 0.299. The van der Waals surface area contributed by atoms with E-state index in [1.807, 2.05) is 4.90 Å². The maximum Gasteiger partial charge on any atom is 0.236 e. The fraction of sp³-hybridized carbons (Fsp3) is 0.929. The third-order valence-electron chi connectivity index (χ3n) is 4.63. The second kappa shape index (κ2) is 5.57. The lowest BCUT2D eigenvalue weighted by atomic mass is 10.2. The summed E-state index contributed by atoms with van der Waals surface area (Å²) in [5, 5.41) is 3.32. The highest BCUT2D eigenvalue weighted by molar-refractivity contribution is 5.78. The van der Waals surface area contributed by atoms with Crippen LogP contribution in [0.1, 0.15) is 38.5 Å². The van der Waals surface area contributed by atoms with Gasteiger partial charge in [-0.2, -0.15) is 0 Å². The van der Waals surface area contributed by atoms with Crippen molar-refractivity contribution in [2.75, 3.05) is 32.7 Å². The Balaban J connectivity index is 1.39. The van der Waals surface area contributed by atoms with E-state index in [1.165, 1.54) is 38.5 Å². The van der Waals surface area contributed by atoms with E-state index in [0.717, 1.165) is 32.2 Å². The van der Waals surface area contributed by atoms with E-state index >= 15 is 0 Å². The average Bonchev–Trinajstić information content (AvgIpc) is 3.08. The van der Waals surface area contributed by atoms with Crippen LogP contribution in [0.4, 0.5) is 0 Å². The molecule has 1 heterocycles. The first-order valence-electron chi connectivity index (χ1n) is 7.58. The van der Waals surface area contributed by atoms with Crippen molar-refractivity contribution < 1.29 is 4.79 Å². The van der Waals surface area contributed by atoms with E-state index in [0.29, 0.717) is 18.5 Å². The first-order chi connectivity index (χ1) is 8.83. The molecule has 1 saturated heterocycles. The first kappa shape index (κ1) is 12.4. The molecule has 0 atom stereocenters. The molecule has 0 spiro atoms. The topological polar surface area (TPSA) is 35.6 Å². The number of amides is 1. The summed E-state index contributed by atoms with van der Waals surface area (Å²) >= 11 is 0. The molecule has 3 rings (SSSR count). The molecule has 4 nitrogen and oxygen atoms in total. The number of nitrogens with one attached hydrogen (secondary N) is 1. The Morgan fingerprint density at radius 3 is 2.28 bits per heavy atom. The Morgan fingerprint density at radius 2 is 1.67 bits per heavy atom. The van der Waals surface area contributed by atoms with Crippen LogP contribution in [0.5, 0.6) is 0 Å². The zero-order valence-corrected chi connectivity index (χ0v) is 11.2. The van der Waals surface area contributed by atoms with Crippen LogP contribution in [-0.4, -0.2) is 60.5 Å². The highest BCUT2D eigenvalue weighted by Gasteiger charge is 2.28. The minimum atomic E-state index is 0.299. The van der Waals surface area contributed by atoms with E-state index in [-0.39, 0.29) is 0 Å². The summed E-state index contributed by atoms with van der Waals surface area (Å²) in [5.41, 5.74) is 0. The SMILES string of the molecule is O=C(CNC1CC1)N1CCN(C2CCCC2)CC1. The van der Waals surface area contributed by atoms with Gasteiger partial charge >= 0.3 is 0 Å². The molecule has 1 N–H and O–H groups in total. The van der Waals surface area contributed by atoms with Crippen molar-refractivity contribution >= 4 is 5.91 Å². The van der Waals surface area contributed by atoms with Gasteiger partial charge in [-0.05, 0) is 25.7 Å². The number of carbonyl (C=O) groups excluding carboxylic acids is 1. The quantitative estimate of drug-likeness (QED) is 0.804. The summed E-state index contributed by atoms with van der Waals surface area (Å²) in [6.07, 6.45) is 8.05. The predicted octanol–water partition coefficient (Wildman–Crippen LogP) is 0.825. The largest absolute Gasteiger partial charge is 0.339 e. The van der Waals surface area contributed by atoms with Gasteiger partial charge in [-0.15, -0.1) is 0 Å². The second-order valence-electron chi connectivity index (χ2n) is 6.01. The molecule has 4 heteroatoms. The Morgan fingerprint density at radius 1 is 1.00 bits per heavy atom. The molecule has 0 unspecified atom stereocenters. The average molecular weight is 251 g/mol. The van der Waals surface area contributed by atoms with Crippen LogP contribution in [0.3, 0.4) is 0 Å². The lowest BCUT2D eigenvalue weighted by Crippen LogP contribution is -2.53. The number of hydrogen-bond acceptors (Lipinski definition) is 3. The Labute approximate surface area is 110 Å². The molecule has 2 saturated carbocycles. The monoisotopic (exact) mass is 251 g/mol. The molecule has 1 aliphatic heterocycles. The van der Waals surface area contributed by atoms with Gasteiger partial charge in [0.2, 0.25) is 5.91 Å². The molecular formula is C14H25N3O. The van der Waals surface area contributed by atoms with Crippen molar-refractivity contribution in [1.82, 2.24) is 15.1 Å². The lowest BCUT2D eigenvalue weighted by molar-refractivity contribution is -0.132. The van der Waals surface area contributed by atoms with Gasteiger partial charge < -0.3 is 10.2 Å². The zero-order chi connectivity index (χ0) is 12.4. The normalized spacial score (nSPS) is 26.8. The van der Waals surface area contributed by atoms with Crippen LogP contribution in [0.15, 0.2) is 0 Å². The molecule has 0 bridgehead atoms. The number of hydrogen-bond donors (Lipinski definition) is 1. The van der Waals surface area contributed by atoms with Gasteiger partial charge in [0.05, 0.1) is 6.54 Å². The van der Waals surface area contributed by atoms with Gasteiger partial charge in [-0.25, -0.2) is 0 Å². The highest BCUT2D eigenvalue weighted by Crippen LogP contribution is 2.24. The third kappa shape index (κ3) is 3.04. The van der Waals surface area contributed by atoms with Crippen molar-refractivity contribution in [2.24, 2.45) is 0 Å². The third-order valence-corrected chi connectivity index (χ3v) is 4.63. The fourth-order valence-electron chi connectivity index (χ4n) is 3.24. The van der Waals surface area contributed by atoms with Gasteiger partial charge in [0.15, 0.2) is 0 Å². The molecule has 0 aromatic rings. The smallest absolute Gasteiger partial charge is 0.236 e. The zero-order valence-electron chi connectivity index (χ0n) is 11.2. The molecule has 3 fully saturated rings. The van der Waals surface area contributed by atoms with Crippen LogP contribution in [0, 0.1) is 0 Å². The lowest BCUT2D eigenvalue weighted by Gasteiger charge is -2.38. The molecule has 102 valence electrons. The van der Waals surface area contributed by atoms with E-state index in [4.69, 9.17) is 0 Å². The minimum Gasteiger partial charge on any atom is -0.339 e. The summed E-state index contributed by atoms with van der Waals surface area (Å²) in [5.74, 6) is 0.299. The number of rotatable bonds is 4. The Hall–Kier alpha value is -0.610. The summed E-state index contributed by atoms with van der Waals surface area (Å²) < 4.78 is 0. The summed E-state index contributed by atoms with van der Waals surface area (Å²) in [7, 11) is 0. The first-order valence-corrected chi connectivity index (χ1v) is 7.58. The Bertz CT molecular complexity index is 289. The molecular weight excluding hydrogens is 226 g/mol. The van der Waals surface area contributed by atoms with Gasteiger partial charge in [0.1, 0.15) is 0 Å². The van der Waals surface area contributed by atoms with E-state index < -0.39 is 0 Å². The number of piperazine rings is 1. The van der Waals surface area contributed by atoms with Crippen LogP contribution in [0.2, 0.25) is 0 Å². The van der Waals surface area contributed by atoms with Crippen LogP contribution in [-0.2, 0) is 4.79 Å². The fourth-order valence-corrected chi connectivity index (χ4v) is 3.24. The number of nitrogens with zero attached hydrogens (tertiary/aromatic N) is 2. The van der Waals surface area contributed by atoms with Gasteiger partial charge in [-0.1, -0.05) is 12.8 Å². The van der Waals surface area contributed by atoms with Crippen LogP contribution >= 0.6 is 0 Å². The van der Waals surface area contributed by atoms with Crippen molar-refractivity contribution in [3.05, 3.63) is 0 Å². The summed E-state index contributed by atoms with van der Waals surface area (Å²) in [6, 6.07) is 1.44. The van der Waals surface area contributed by atoms with Crippen molar-refractivity contribution in [3.8, 4) is 0 Å². The molecule has 0 aromatic heterocycles. The van der Waals surface area contributed by atoms with Gasteiger partial charge in [0.25, 0.3) is 0 Å². The molecule has 1 amide bonds. The molecule has 0 radical (unpaired) electrons. The van der Waals surface area contributed by atoms with Crippen molar-refractivity contribution in [2.45, 2.75) is 50.6 Å². The van der Waals surface area contributed by atoms with Gasteiger partial charge in [0, 0.05) is 38.3 Å². The summed E-state index contributed by atoms with van der Waals surface area (Å²) in [4.78, 5) is 16.6. The predicted molar refractivity (Wildman–Crippen MR) is 71.4 cm³/mol. The van der Waals surface area contributed by atoms with Gasteiger partial charge in [-0.3, -0.25) is 9.69 Å². The molecule has 2 aliphatic carbocycles. The van der Waals surface area contributed by atoms with Crippen LogP contribution < -0.4 is 5.32 Å². The second-order valence-corrected chi connectivity index (χ2v) is 6.01. The maximum atomic E-state index is 12.0. The maximum absolute atomic E-state index is 12.0. The van der Waals surface area contributed by atoms with E-state index in [2.05, 4.69) is 10.2 Å². The van der Waals surface area contributed by atoms with Crippen molar-refractivity contribution in [3.63, 3.8) is 0 Å². The number of carbonyl (C=O) groups is 1.